The maximum absolute atomic E-state index is 10.0. The molecule has 0 aromatic carbocycles. The Morgan fingerprint density at radius 2 is 1.77 bits per heavy atom. The molecule has 6 heteroatoms. The fraction of sp³-hybridized carbons (Fsp3) is 0.920. The molecule has 0 radical (unpaired) electrons. The van der Waals surface area contributed by atoms with Crippen molar-refractivity contribution in [2.45, 2.75) is 121 Å². The van der Waals surface area contributed by atoms with Crippen LogP contribution in [0.1, 0.15) is 84.0 Å². The Balaban J connectivity index is 1.40. The quantitative estimate of drug-likeness (QED) is 0.394. The SMILES string of the molecule is CCCCCC(/C=C/[C@@H]1[C@H]2CC(O)O[C@H]2C[C@H]1OC1CCCCO1)OC1CCCCO1. The van der Waals surface area contributed by atoms with Crippen LogP contribution in [-0.4, -0.2) is 55.5 Å². The van der Waals surface area contributed by atoms with Crippen molar-refractivity contribution < 1.29 is 28.8 Å². The van der Waals surface area contributed by atoms with Gasteiger partial charge in [-0.2, -0.15) is 0 Å². The Bertz CT molecular complexity index is 542. The molecule has 3 heterocycles. The van der Waals surface area contributed by atoms with Gasteiger partial charge in [0.05, 0.1) is 18.3 Å². The van der Waals surface area contributed by atoms with E-state index in [9.17, 15) is 5.11 Å². The summed E-state index contributed by atoms with van der Waals surface area (Å²) in [6.07, 6.45) is 16.5. The van der Waals surface area contributed by atoms with Crippen LogP contribution in [0.25, 0.3) is 0 Å². The third kappa shape index (κ3) is 6.75. The number of fused-ring (bicyclic) bond motifs is 1. The average Bonchev–Trinajstić information content (AvgIpc) is 3.29. The Hall–Kier alpha value is -0.500. The first-order valence-electron chi connectivity index (χ1n) is 12.8. The van der Waals surface area contributed by atoms with E-state index in [1.54, 1.807) is 0 Å². The van der Waals surface area contributed by atoms with Crippen molar-refractivity contribution in [3.63, 3.8) is 0 Å². The molecule has 1 N–H and O–H groups in total. The van der Waals surface area contributed by atoms with E-state index in [0.717, 1.165) is 64.6 Å². The second kappa shape index (κ2) is 12.1. The lowest BCUT2D eigenvalue weighted by atomic mass is 9.91. The molecule has 0 spiro atoms. The van der Waals surface area contributed by atoms with Crippen molar-refractivity contribution in [3.8, 4) is 0 Å². The highest BCUT2D eigenvalue weighted by molar-refractivity contribution is 5.07. The number of rotatable bonds is 10. The van der Waals surface area contributed by atoms with E-state index in [1.165, 1.54) is 19.3 Å². The van der Waals surface area contributed by atoms with Crippen LogP contribution in [0.5, 0.6) is 0 Å². The molecular weight excluding hydrogens is 396 g/mol. The Labute approximate surface area is 187 Å². The predicted molar refractivity (Wildman–Crippen MR) is 117 cm³/mol. The van der Waals surface area contributed by atoms with Crippen molar-refractivity contribution in [3.05, 3.63) is 12.2 Å². The van der Waals surface area contributed by atoms with Crippen LogP contribution >= 0.6 is 0 Å². The van der Waals surface area contributed by atoms with E-state index in [0.29, 0.717) is 12.3 Å². The van der Waals surface area contributed by atoms with Gasteiger partial charge < -0.3 is 28.8 Å². The van der Waals surface area contributed by atoms with Crippen LogP contribution in [0.4, 0.5) is 0 Å². The highest BCUT2D eigenvalue weighted by atomic mass is 16.7. The molecule has 1 aliphatic carbocycles. The van der Waals surface area contributed by atoms with Gasteiger partial charge in [0.2, 0.25) is 0 Å². The molecule has 6 nitrogen and oxygen atoms in total. The van der Waals surface area contributed by atoms with Gasteiger partial charge in [0.25, 0.3) is 0 Å². The first-order valence-corrected chi connectivity index (χ1v) is 12.8. The molecular formula is C25H42O6. The summed E-state index contributed by atoms with van der Waals surface area (Å²) in [5, 5.41) is 10.0. The summed E-state index contributed by atoms with van der Waals surface area (Å²) in [4.78, 5) is 0. The molecule has 0 bridgehead atoms. The van der Waals surface area contributed by atoms with Crippen molar-refractivity contribution in [2.75, 3.05) is 13.2 Å². The lowest BCUT2D eigenvalue weighted by Gasteiger charge is -2.30. The van der Waals surface area contributed by atoms with Gasteiger partial charge >= 0.3 is 0 Å². The van der Waals surface area contributed by atoms with E-state index in [1.807, 2.05) is 0 Å². The van der Waals surface area contributed by atoms with E-state index < -0.39 is 6.29 Å². The van der Waals surface area contributed by atoms with Crippen molar-refractivity contribution in [1.29, 1.82) is 0 Å². The fourth-order valence-electron chi connectivity index (χ4n) is 5.54. The summed E-state index contributed by atoms with van der Waals surface area (Å²) in [6, 6.07) is 0. The molecule has 3 aliphatic heterocycles. The van der Waals surface area contributed by atoms with Gasteiger partial charge in [0, 0.05) is 32.0 Å². The standard InChI is InChI=1S/C25H42O6/c1-2-3-4-9-18(29-24-10-5-7-14-27-24)12-13-19-20-16-23(26)30-22(20)17-21(19)31-25-11-6-8-15-28-25/h12-13,18-26H,2-11,14-17H2,1H3/b13-12+/t18?,19-,20-,21-,22+,23?,24?,25?/m1/s1. The zero-order valence-electron chi connectivity index (χ0n) is 19.2. The van der Waals surface area contributed by atoms with E-state index >= 15 is 0 Å². The topological polar surface area (TPSA) is 66.4 Å². The van der Waals surface area contributed by atoms with E-state index in [4.69, 9.17) is 23.7 Å². The van der Waals surface area contributed by atoms with Crippen LogP contribution in [0.3, 0.4) is 0 Å². The highest BCUT2D eigenvalue weighted by Crippen LogP contribution is 2.45. The number of aliphatic hydroxyl groups is 1. The van der Waals surface area contributed by atoms with Gasteiger partial charge in [-0.1, -0.05) is 38.3 Å². The second-order valence-corrected chi connectivity index (χ2v) is 9.66. The van der Waals surface area contributed by atoms with Crippen LogP contribution in [0.15, 0.2) is 12.2 Å². The molecule has 0 amide bonds. The summed E-state index contributed by atoms with van der Waals surface area (Å²) in [6.45, 7) is 3.82. The molecule has 3 saturated heterocycles. The second-order valence-electron chi connectivity index (χ2n) is 9.66. The normalized spacial score (nSPS) is 39.7. The molecule has 178 valence electrons. The monoisotopic (exact) mass is 438 g/mol. The maximum Gasteiger partial charge on any atom is 0.158 e. The number of unbranched alkanes of at least 4 members (excludes halogenated alkanes) is 2. The van der Waals surface area contributed by atoms with Gasteiger partial charge in [0.1, 0.15) is 0 Å². The molecule has 0 aromatic rings. The molecule has 1 saturated carbocycles. The maximum atomic E-state index is 10.0. The zero-order chi connectivity index (χ0) is 21.5. The average molecular weight is 439 g/mol. The molecule has 4 fully saturated rings. The molecule has 4 aliphatic rings. The summed E-state index contributed by atoms with van der Waals surface area (Å²) in [5.74, 6) is 0.513. The molecule has 0 aromatic heterocycles. The molecule has 4 unspecified atom stereocenters. The van der Waals surface area contributed by atoms with E-state index in [-0.39, 0.29) is 36.8 Å². The molecule has 31 heavy (non-hydrogen) atoms. The first-order chi connectivity index (χ1) is 15.2. The Morgan fingerprint density at radius 3 is 2.48 bits per heavy atom. The predicted octanol–water partition coefficient (Wildman–Crippen LogP) is 4.69. The summed E-state index contributed by atoms with van der Waals surface area (Å²) < 4.78 is 30.3. The first kappa shape index (κ1) is 23.7. The minimum atomic E-state index is -0.648. The number of hydrogen-bond donors (Lipinski definition) is 1. The van der Waals surface area contributed by atoms with Crippen molar-refractivity contribution in [2.24, 2.45) is 11.8 Å². The largest absolute Gasteiger partial charge is 0.368 e. The summed E-state index contributed by atoms with van der Waals surface area (Å²) >= 11 is 0. The summed E-state index contributed by atoms with van der Waals surface area (Å²) in [5.41, 5.74) is 0. The number of ether oxygens (including phenoxy) is 5. The van der Waals surface area contributed by atoms with Gasteiger partial charge in [0.15, 0.2) is 18.9 Å². The van der Waals surface area contributed by atoms with Crippen molar-refractivity contribution in [1.82, 2.24) is 0 Å². The van der Waals surface area contributed by atoms with Crippen LogP contribution in [-0.2, 0) is 23.7 Å². The zero-order valence-corrected chi connectivity index (χ0v) is 19.2. The van der Waals surface area contributed by atoms with Crippen LogP contribution < -0.4 is 0 Å². The molecule has 8 atom stereocenters. The van der Waals surface area contributed by atoms with E-state index in [2.05, 4.69) is 19.1 Å². The van der Waals surface area contributed by atoms with Crippen LogP contribution in [0.2, 0.25) is 0 Å². The number of hydrogen-bond acceptors (Lipinski definition) is 6. The summed E-state index contributed by atoms with van der Waals surface area (Å²) in [7, 11) is 0. The minimum Gasteiger partial charge on any atom is -0.368 e. The fourth-order valence-corrected chi connectivity index (χ4v) is 5.54. The van der Waals surface area contributed by atoms with Gasteiger partial charge in [-0.3, -0.25) is 0 Å². The number of aliphatic hydroxyl groups excluding tert-OH is 1. The van der Waals surface area contributed by atoms with Gasteiger partial charge in [-0.15, -0.1) is 0 Å². The highest BCUT2D eigenvalue weighted by Gasteiger charge is 2.49. The molecule has 4 rings (SSSR count). The minimum absolute atomic E-state index is 0.0625. The van der Waals surface area contributed by atoms with Gasteiger partial charge in [-0.05, 0) is 50.9 Å². The lowest BCUT2D eigenvalue weighted by Crippen LogP contribution is -2.31. The third-order valence-corrected chi connectivity index (χ3v) is 7.24. The smallest absolute Gasteiger partial charge is 0.158 e. The Kier molecular flexibility index (Phi) is 9.23. The van der Waals surface area contributed by atoms with Gasteiger partial charge in [-0.25, -0.2) is 0 Å². The van der Waals surface area contributed by atoms with Crippen LogP contribution in [0, 0.1) is 11.8 Å². The van der Waals surface area contributed by atoms with Crippen molar-refractivity contribution >= 4 is 0 Å². The third-order valence-electron chi connectivity index (χ3n) is 7.24. The lowest BCUT2D eigenvalue weighted by molar-refractivity contribution is -0.196. The Morgan fingerprint density at radius 1 is 1.00 bits per heavy atom.